The molecule has 1 aromatic carbocycles. The van der Waals surface area contributed by atoms with E-state index in [0.717, 1.165) is 11.3 Å². The Morgan fingerprint density at radius 3 is 2.90 bits per heavy atom. The van der Waals surface area contributed by atoms with Crippen LogP contribution in [0.15, 0.2) is 42.6 Å². The van der Waals surface area contributed by atoms with Crippen LogP contribution >= 0.6 is 0 Å². The number of amides is 1. The van der Waals surface area contributed by atoms with Crippen molar-refractivity contribution in [2.24, 2.45) is 0 Å². The first-order valence-electron chi connectivity index (χ1n) is 6.73. The molecule has 0 saturated carbocycles. The highest BCUT2D eigenvalue weighted by molar-refractivity contribution is 5.96. The normalized spacial score (nSPS) is 10.0. The Balaban J connectivity index is 2.02. The molecule has 1 aromatic heterocycles. The number of benzene rings is 1. The van der Waals surface area contributed by atoms with Crippen LogP contribution in [-0.4, -0.2) is 24.6 Å². The number of aromatic nitrogens is 1. The third kappa shape index (κ3) is 3.95. The zero-order chi connectivity index (χ0) is 15.1. The van der Waals surface area contributed by atoms with Crippen LogP contribution in [0.1, 0.15) is 22.8 Å². The highest BCUT2D eigenvalue weighted by atomic mass is 16.5. The molecule has 0 aliphatic heterocycles. The first kappa shape index (κ1) is 14.8. The quantitative estimate of drug-likeness (QED) is 0.886. The van der Waals surface area contributed by atoms with Crippen molar-refractivity contribution >= 4 is 5.91 Å². The van der Waals surface area contributed by atoms with Crippen LogP contribution in [0, 0.1) is 0 Å². The minimum Gasteiger partial charge on any atom is -0.494 e. The van der Waals surface area contributed by atoms with Crippen LogP contribution in [0.3, 0.4) is 0 Å². The average Bonchev–Trinajstić information content (AvgIpc) is 2.53. The number of pyridine rings is 1. The van der Waals surface area contributed by atoms with Gasteiger partial charge in [-0.25, -0.2) is 4.98 Å². The van der Waals surface area contributed by atoms with Crippen molar-refractivity contribution in [2.45, 2.75) is 13.5 Å². The molecular formula is C16H18N2O3. The Morgan fingerprint density at radius 1 is 1.29 bits per heavy atom. The second kappa shape index (κ2) is 7.28. The van der Waals surface area contributed by atoms with Crippen molar-refractivity contribution in [1.82, 2.24) is 10.3 Å². The molecule has 1 heterocycles. The number of rotatable bonds is 6. The molecule has 0 bridgehead atoms. The topological polar surface area (TPSA) is 60.5 Å². The van der Waals surface area contributed by atoms with Crippen molar-refractivity contribution < 1.29 is 14.3 Å². The van der Waals surface area contributed by atoms with Gasteiger partial charge in [-0.15, -0.1) is 0 Å². The van der Waals surface area contributed by atoms with Gasteiger partial charge in [0.2, 0.25) is 5.88 Å². The number of nitrogens with zero attached hydrogens (tertiary/aromatic N) is 1. The fourth-order valence-electron chi connectivity index (χ4n) is 1.92. The molecule has 0 spiro atoms. The Hall–Kier alpha value is -2.56. The van der Waals surface area contributed by atoms with E-state index in [1.807, 2.05) is 31.2 Å². The fourth-order valence-corrected chi connectivity index (χ4v) is 1.92. The molecule has 1 amide bonds. The lowest BCUT2D eigenvalue weighted by Crippen LogP contribution is -2.23. The maximum Gasteiger partial charge on any atom is 0.257 e. The maximum absolute atomic E-state index is 12.1. The lowest BCUT2D eigenvalue weighted by Gasteiger charge is -2.09. The predicted octanol–water partition coefficient (Wildman–Crippen LogP) is 2.42. The molecule has 21 heavy (non-hydrogen) atoms. The van der Waals surface area contributed by atoms with Crippen molar-refractivity contribution in [3.05, 3.63) is 53.7 Å². The number of methoxy groups -OCH3 is 1. The van der Waals surface area contributed by atoms with Crippen LogP contribution in [-0.2, 0) is 6.54 Å². The molecule has 0 fully saturated rings. The summed E-state index contributed by atoms with van der Waals surface area (Å²) in [5.41, 5.74) is 1.39. The van der Waals surface area contributed by atoms with Crippen molar-refractivity contribution in [2.75, 3.05) is 13.7 Å². The molecule has 1 N–H and O–H groups in total. The summed E-state index contributed by atoms with van der Waals surface area (Å²) in [5.74, 6) is 0.892. The summed E-state index contributed by atoms with van der Waals surface area (Å²) in [6, 6.07) is 11.0. The SMILES string of the molecule is CCOc1cccc(CNC(=O)c2cccnc2OC)c1. The van der Waals surface area contributed by atoms with Crippen LogP contribution in [0.2, 0.25) is 0 Å². The van der Waals surface area contributed by atoms with Gasteiger partial charge in [-0.05, 0) is 36.8 Å². The summed E-state index contributed by atoms with van der Waals surface area (Å²) >= 11 is 0. The van der Waals surface area contributed by atoms with Crippen LogP contribution < -0.4 is 14.8 Å². The first-order valence-corrected chi connectivity index (χ1v) is 6.73. The standard InChI is InChI=1S/C16H18N2O3/c1-3-21-13-7-4-6-12(10-13)11-18-15(19)14-8-5-9-17-16(14)20-2/h4-10H,3,11H2,1-2H3,(H,18,19). The van der Waals surface area contributed by atoms with Gasteiger partial charge in [0.25, 0.3) is 5.91 Å². The zero-order valence-electron chi connectivity index (χ0n) is 12.1. The molecule has 0 unspecified atom stereocenters. The van der Waals surface area contributed by atoms with E-state index in [1.165, 1.54) is 7.11 Å². The van der Waals surface area contributed by atoms with Crippen molar-refractivity contribution in [3.63, 3.8) is 0 Å². The molecule has 0 aliphatic carbocycles. The maximum atomic E-state index is 12.1. The minimum absolute atomic E-state index is 0.221. The van der Waals surface area contributed by atoms with Gasteiger partial charge in [0.05, 0.1) is 13.7 Å². The molecule has 0 radical (unpaired) electrons. The zero-order valence-corrected chi connectivity index (χ0v) is 12.1. The smallest absolute Gasteiger partial charge is 0.257 e. The van der Waals surface area contributed by atoms with Gasteiger partial charge < -0.3 is 14.8 Å². The third-order valence-corrected chi connectivity index (χ3v) is 2.87. The van der Waals surface area contributed by atoms with Gasteiger partial charge in [0.1, 0.15) is 11.3 Å². The highest BCUT2D eigenvalue weighted by Gasteiger charge is 2.12. The molecular weight excluding hydrogens is 268 g/mol. The van der Waals surface area contributed by atoms with Crippen LogP contribution in [0.4, 0.5) is 0 Å². The van der Waals surface area contributed by atoms with Crippen LogP contribution in [0.5, 0.6) is 11.6 Å². The van der Waals surface area contributed by atoms with E-state index in [0.29, 0.717) is 24.6 Å². The third-order valence-electron chi connectivity index (χ3n) is 2.87. The fraction of sp³-hybridized carbons (Fsp3) is 0.250. The lowest BCUT2D eigenvalue weighted by atomic mass is 10.2. The first-order chi connectivity index (χ1) is 10.2. The predicted molar refractivity (Wildman–Crippen MR) is 79.6 cm³/mol. The van der Waals surface area contributed by atoms with Gasteiger partial charge in [-0.1, -0.05) is 12.1 Å². The Labute approximate surface area is 123 Å². The summed E-state index contributed by atoms with van der Waals surface area (Å²) in [6.45, 7) is 2.96. The highest BCUT2D eigenvalue weighted by Crippen LogP contribution is 2.15. The van der Waals surface area contributed by atoms with Gasteiger partial charge in [0, 0.05) is 12.7 Å². The van der Waals surface area contributed by atoms with E-state index in [2.05, 4.69) is 10.3 Å². The Morgan fingerprint density at radius 2 is 2.14 bits per heavy atom. The molecule has 0 atom stereocenters. The number of carbonyl (C=O) groups is 1. The van der Waals surface area contributed by atoms with Gasteiger partial charge in [-0.2, -0.15) is 0 Å². The Kier molecular flexibility index (Phi) is 5.15. The molecule has 110 valence electrons. The van der Waals surface area contributed by atoms with E-state index in [9.17, 15) is 4.79 Å². The number of hydrogen-bond acceptors (Lipinski definition) is 4. The number of nitrogens with one attached hydrogen (secondary N) is 1. The monoisotopic (exact) mass is 286 g/mol. The molecule has 5 nitrogen and oxygen atoms in total. The minimum atomic E-state index is -0.221. The summed E-state index contributed by atoms with van der Waals surface area (Å²) in [5, 5.41) is 2.84. The number of hydrogen-bond donors (Lipinski definition) is 1. The van der Waals surface area contributed by atoms with Gasteiger partial charge in [-0.3, -0.25) is 4.79 Å². The molecule has 0 aliphatic rings. The van der Waals surface area contributed by atoms with Gasteiger partial charge in [0.15, 0.2) is 0 Å². The second-order valence-corrected chi connectivity index (χ2v) is 4.32. The van der Waals surface area contributed by atoms with E-state index in [-0.39, 0.29) is 5.91 Å². The summed E-state index contributed by atoms with van der Waals surface area (Å²) in [6.07, 6.45) is 1.58. The molecule has 5 heteroatoms. The van der Waals surface area contributed by atoms with E-state index >= 15 is 0 Å². The summed E-state index contributed by atoms with van der Waals surface area (Å²) in [4.78, 5) is 16.2. The average molecular weight is 286 g/mol. The van der Waals surface area contributed by atoms with E-state index in [4.69, 9.17) is 9.47 Å². The second-order valence-electron chi connectivity index (χ2n) is 4.32. The lowest BCUT2D eigenvalue weighted by molar-refractivity contribution is 0.0947. The molecule has 2 aromatic rings. The van der Waals surface area contributed by atoms with Gasteiger partial charge >= 0.3 is 0 Å². The molecule has 0 saturated heterocycles. The van der Waals surface area contributed by atoms with E-state index in [1.54, 1.807) is 18.3 Å². The molecule has 2 rings (SSSR count). The number of ether oxygens (including phenoxy) is 2. The Bertz CT molecular complexity index is 614. The largest absolute Gasteiger partial charge is 0.494 e. The summed E-state index contributed by atoms with van der Waals surface area (Å²) < 4.78 is 10.5. The number of carbonyl (C=O) groups excluding carboxylic acids is 1. The van der Waals surface area contributed by atoms with E-state index < -0.39 is 0 Å². The summed E-state index contributed by atoms with van der Waals surface area (Å²) in [7, 11) is 1.49. The van der Waals surface area contributed by atoms with Crippen molar-refractivity contribution in [1.29, 1.82) is 0 Å². The van der Waals surface area contributed by atoms with Crippen molar-refractivity contribution in [3.8, 4) is 11.6 Å². The van der Waals surface area contributed by atoms with Crippen LogP contribution in [0.25, 0.3) is 0 Å².